The Labute approximate surface area is 154 Å². The maximum absolute atomic E-state index is 12.3. The van der Waals surface area contributed by atoms with Crippen molar-refractivity contribution in [3.8, 4) is 11.5 Å². The van der Waals surface area contributed by atoms with E-state index in [-0.39, 0.29) is 18.4 Å². The van der Waals surface area contributed by atoms with E-state index >= 15 is 0 Å². The Bertz CT molecular complexity index is 729. The van der Waals surface area contributed by atoms with Crippen LogP contribution in [0.4, 0.5) is 5.69 Å². The largest absolute Gasteiger partial charge is 0.457 e. The predicted octanol–water partition coefficient (Wildman–Crippen LogP) is 4.21. The summed E-state index contributed by atoms with van der Waals surface area (Å²) in [5.74, 6) is 1.37. The summed E-state index contributed by atoms with van der Waals surface area (Å²) in [6.07, 6.45) is 4.64. The number of carbonyl (C=O) groups is 2. The molecule has 136 valence electrons. The van der Waals surface area contributed by atoms with Gasteiger partial charge in [-0.1, -0.05) is 31.0 Å². The third kappa shape index (κ3) is 5.34. The molecule has 3 rings (SSSR count). The molecular weight excluding hydrogens is 328 g/mol. The molecule has 2 aromatic carbocycles. The molecule has 5 heteroatoms. The lowest BCUT2D eigenvalue weighted by Gasteiger charge is -2.24. The maximum atomic E-state index is 12.3. The molecule has 0 spiro atoms. The van der Waals surface area contributed by atoms with Crippen LogP contribution in [0.5, 0.6) is 11.5 Å². The van der Waals surface area contributed by atoms with Crippen LogP contribution in [0.3, 0.4) is 0 Å². The number of ether oxygens (including phenoxy) is 1. The lowest BCUT2D eigenvalue weighted by Crippen LogP contribution is -2.39. The molecule has 2 amide bonds. The molecule has 0 aromatic heterocycles. The minimum atomic E-state index is -0.171. The molecule has 1 aliphatic rings. The standard InChI is InChI=1S/C21H24N2O3/c24-20(16-23-15-7-2-1-6-10-21(23)25)22-17-11-13-19(14-12-17)26-18-8-4-3-5-9-18/h3-5,8-9,11-14H,1-2,6-7,10,15-16H2,(H,22,24). The van der Waals surface area contributed by atoms with Gasteiger partial charge in [0.1, 0.15) is 11.5 Å². The van der Waals surface area contributed by atoms with E-state index in [1.165, 1.54) is 0 Å². The van der Waals surface area contributed by atoms with Crippen LogP contribution in [0, 0.1) is 0 Å². The van der Waals surface area contributed by atoms with Gasteiger partial charge in [0.15, 0.2) is 0 Å². The van der Waals surface area contributed by atoms with Crippen LogP contribution in [-0.4, -0.2) is 29.8 Å². The molecule has 0 radical (unpaired) electrons. The summed E-state index contributed by atoms with van der Waals surface area (Å²) in [7, 11) is 0. The van der Waals surface area contributed by atoms with E-state index in [0.29, 0.717) is 24.4 Å². The second kappa shape index (κ2) is 9.04. The summed E-state index contributed by atoms with van der Waals surface area (Å²) in [6.45, 7) is 0.775. The highest BCUT2D eigenvalue weighted by Crippen LogP contribution is 2.22. The maximum Gasteiger partial charge on any atom is 0.243 e. The van der Waals surface area contributed by atoms with E-state index in [4.69, 9.17) is 4.74 Å². The van der Waals surface area contributed by atoms with Gasteiger partial charge in [0, 0.05) is 18.7 Å². The second-order valence-corrected chi connectivity index (χ2v) is 6.47. The molecule has 2 aromatic rings. The number of nitrogens with one attached hydrogen (secondary N) is 1. The van der Waals surface area contributed by atoms with Gasteiger partial charge in [0.05, 0.1) is 6.54 Å². The molecule has 26 heavy (non-hydrogen) atoms. The number of rotatable bonds is 5. The quantitative estimate of drug-likeness (QED) is 0.877. The third-order valence-corrected chi connectivity index (χ3v) is 4.37. The number of likely N-dealkylation sites (tertiary alicyclic amines) is 1. The van der Waals surface area contributed by atoms with Gasteiger partial charge in [0.25, 0.3) is 0 Å². The average Bonchev–Trinajstić information content (AvgIpc) is 2.64. The number of amides is 2. The Morgan fingerprint density at radius 1 is 0.923 bits per heavy atom. The number of carbonyl (C=O) groups excluding carboxylic acids is 2. The van der Waals surface area contributed by atoms with E-state index in [1.54, 1.807) is 17.0 Å². The van der Waals surface area contributed by atoms with Crippen LogP contribution in [0.25, 0.3) is 0 Å². The monoisotopic (exact) mass is 352 g/mol. The molecule has 1 aliphatic heterocycles. The second-order valence-electron chi connectivity index (χ2n) is 6.47. The molecule has 0 aliphatic carbocycles. The van der Waals surface area contributed by atoms with Crippen LogP contribution < -0.4 is 10.1 Å². The summed E-state index contributed by atoms with van der Waals surface area (Å²) in [5, 5.41) is 2.85. The fraction of sp³-hybridized carbons (Fsp3) is 0.333. The lowest BCUT2D eigenvalue weighted by molar-refractivity contribution is -0.135. The third-order valence-electron chi connectivity index (χ3n) is 4.37. The zero-order chi connectivity index (χ0) is 18.2. The SMILES string of the molecule is O=C(CN1CCCCCCC1=O)Nc1ccc(Oc2ccccc2)cc1. The molecule has 0 bridgehead atoms. The number of anilines is 1. The summed E-state index contributed by atoms with van der Waals surface area (Å²) in [4.78, 5) is 26.0. The summed E-state index contributed by atoms with van der Waals surface area (Å²) in [6, 6.07) is 16.7. The summed E-state index contributed by atoms with van der Waals surface area (Å²) in [5.41, 5.74) is 0.690. The Morgan fingerprint density at radius 3 is 2.38 bits per heavy atom. The highest BCUT2D eigenvalue weighted by atomic mass is 16.5. The van der Waals surface area contributed by atoms with E-state index < -0.39 is 0 Å². The first-order valence-corrected chi connectivity index (χ1v) is 9.11. The minimum Gasteiger partial charge on any atom is -0.457 e. The smallest absolute Gasteiger partial charge is 0.243 e. The topological polar surface area (TPSA) is 58.6 Å². The van der Waals surface area contributed by atoms with Gasteiger partial charge in [-0.2, -0.15) is 0 Å². The van der Waals surface area contributed by atoms with Gasteiger partial charge in [-0.05, 0) is 49.2 Å². The molecule has 1 heterocycles. The predicted molar refractivity (Wildman–Crippen MR) is 101 cm³/mol. The Hall–Kier alpha value is -2.82. The molecule has 1 fully saturated rings. The van der Waals surface area contributed by atoms with Gasteiger partial charge in [0.2, 0.25) is 11.8 Å². The molecule has 1 saturated heterocycles. The normalized spacial score (nSPS) is 15.1. The van der Waals surface area contributed by atoms with Crippen molar-refractivity contribution in [1.29, 1.82) is 0 Å². The van der Waals surface area contributed by atoms with Crippen LogP contribution >= 0.6 is 0 Å². The van der Waals surface area contributed by atoms with Gasteiger partial charge in [-0.15, -0.1) is 0 Å². The van der Waals surface area contributed by atoms with Gasteiger partial charge >= 0.3 is 0 Å². The number of benzene rings is 2. The van der Waals surface area contributed by atoms with Crippen molar-refractivity contribution in [2.45, 2.75) is 32.1 Å². The minimum absolute atomic E-state index is 0.0754. The van der Waals surface area contributed by atoms with Gasteiger partial charge < -0.3 is 15.0 Å². The van der Waals surface area contributed by atoms with Gasteiger partial charge in [-0.3, -0.25) is 9.59 Å². The van der Waals surface area contributed by atoms with Crippen molar-refractivity contribution in [2.24, 2.45) is 0 Å². The molecule has 0 unspecified atom stereocenters. The molecule has 5 nitrogen and oxygen atoms in total. The van der Waals surface area contributed by atoms with Crippen molar-refractivity contribution in [3.63, 3.8) is 0 Å². The average molecular weight is 352 g/mol. The summed E-state index contributed by atoms with van der Waals surface area (Å²) < 4.78 is 5.73. The van der Waals surface area contributed by atoms with Crippen molar-refractivity contribution in [3.05, 3.63) is 54.6 Å². The fourth-order valence-corrected chi connectivity index (χ4v) is 2.99. The molecule has 0 saturated carbocycles. The Balaban J connectivity index is 1.53. The first kappa shape index (κ1) is 18.0. The lowest BCUT2D eigenvalue weighted by atomic mass is 10.1. The van der Waals surface area contributed by atoms with E-state index in [0.717, 1.165) is 31.4 Å². The van der Waals surface area contributed by atoms with Crippen molar-refractivity contribution < 1.29 is 14.3 Å². The zero-order valence-corrected chi connectivity index (χ0v) is 14.8. The number of hydrogen-bond donors (Lipinski definition) is 1. The highest BCUT2D eigenvalue weighted by Gasteiger charge is 2.18. The van der Waals surface area contributed by atoms with E-state index in [1.807, 2.05) is 42.5 Å². The Morgan fingerprint density at radius 2 is 1.62 bits per heavy atom. The van der Waals surface area contributed by atoms with Gasteiger partial charge in [-0.25, -0.2) is 0 Å². The summed E-state index contributed by atoms with van der Waals surface area (Å²) >= 11 is 0. The number of hydrogen-bond acceptors (Lipinski definition) is 3. The Kier molecular flexibility index (Phi) is 6.25. The van der Waals surface area contributed by atoms with Crippen LogP contribution in [0.2, 0.25) is 0 Å². The zero-order valence-electron chi connectivity index (χ0n) is 14.8. The first-order chi connectivity index (χ1) is 12.7. The number of nitrogens with zero attached hydrogens (tertiary/aromatic N) is 1. The molecule has 0 atom stereocenters. The van der Waals surface area contributed by atoms with E-state index in [9.17, 15) is 9.59 Å². The van der Waals surface area contributed by atoms with Crippen LogP contribution in [0.1, 0.15) is 32.1 Å². The van der Waals surface area contributed by atoms with E-state index in [2.05, 4.69) is 5.32 Å². The van der Waals surface area contributed by atoms with Crippen LogP contribution in [-0.2, 0) is 9.59 Å². The van der Waals surface area contributed by atoms with Crippen molar-refractivity contribution >= 4 is 17.5 Å². The molecule has 1 N–H and O–H groups in total. The number of para-hydroxylation sites is 1. The van der Waals surface area contributed by atoms with Crippen LogP contribution in [0.15, 0.2) is 54.6 Å². The highest BCUT2D eigenvalue weighted by molar-refractivity contribution is 5.94. The fourth-order valence-electron chi connectivity index (χ4n) is 2.99. The van der Waals surface area contributed by atoms with Crippen molar-refractivity contribution in [2.75, 3.05) is 18.4 Å². The molecular formula is C21H24N2O3. The van der Waals surface area contributed by atoms with Crippen molar-refractivity contribution in [1.82, 2.24) is 4.90 Å². The first-order valence-electron chi connectivity index (χ1n) is 9.11.